The molecule has 0 unspecified atom stereocenters. The number of carbonyl (C=O) groups excluding carboxylic acids is 3. The van der Waals surface area contributed by atoms with Crippen molar-refractivity contribution in [3.8, 4) is 0 Å². The van der Waals surface area contributed by atoms with Crippen molar-refractivity contribution >= 4 is 34.2 Å². The van der Waals surface area contributed by atoms with Crippen LogP contribution in [0.25, 0.3) is 0 Å². The fourth-order valence-corrected chi connectivity index (χ4v) is 4.20. The summed E-state index contributed by atoms with van der Waals surface area (Å²) in [4.78, 5) is 37.4. The Bertz CT molecular complexity index is 892. The molecule has 8 heteroatoms. The van der Waals surface area contributed by atoms with Crippen molar-refractivity contribution in [3.63, 3.8) is 0 Å². The molecule has 27 heavy (non-hydrogen) atoms. The highest BCUT2D eigenvalue weighted by molar-refractivity contribution is 7.17. The van der Waals surface area contributed by atoms with Crippen LogP contribution in [0.4, 0.5) is 9.39 Å². The number of halogens is 1. The molecule has 0 spiro atoms. The second kappa shape index (κ2) is 8.30. The maximum Gasteiger partial charge on any atom is 0.341 e. The lowest BCUT2D eigenvalue weighted by Crippen LogP contribution is -2.22. The van der Waals surface area contributed by atoms with E-state index < -0.39 is 30.3 Å². The largest absolute Gasteiger partial charge is 0.462 e. The lowest BCUT2D eigenvalue weighted by atomic mass is 10.1. The third-order valence-corrected chi connectivity index (χ3v) is 5.29. The van der Waals surface area contributed by atoms with Gasteiger partial charge in [0.1, 0.15) is 10.8 Å². The lowest BCUT2D eigenvalue weighted by Gasteiger charge is -2.09. The number of carbonyl (C=O) groups is 3. The molecule has 0 radical (unpaired) electrons. The predicted molar refractivity (Wildman–Crippen MR) is 97.6 cm³/mol. The third-order valence-electron chi connectivity index (χ3n) is 4.08. The maximum atomic E-state index is 13.6. The van der Waals surface area contributed by atoms with Gasteiger partial charge in [-0.05, 0) is 43.9 Å². The van der Waals surface area contributed by atoms with Crippen LogP contribution in [0, 0.1) is 5.82 Å². The van der Waals surface area contributed by atoms with Gasteiger partial charge in [-0.15, -0.1) is 11.3 Å². The number of rotatable bonds is 6. The molecule has 0 atom stereocenters. The number of benzene rings is 1. The Hall–Kier alpha value is -2.74. The average Bonchev–Trinajstić information content (AvgIpc) is 3.20. The molecule has 0 saturated heterocycles. The molecular formula is C19H18FNO5S. The Morgan fingerprint density at radius 1 is 1.15 bits per heavy atom. The summed E-state index contributed by atoms with van der Waals surface area (Å²) in [5.41, 5.74) is 1.05. The smallest absolute Gasteiger partial charge is 0.341 e. The molecule has 0 fully saturated rings. The predicted octanol–water partition coefficient (Wildman–Crippen LogP) is 3.35. The molecule has 1 aliphatic carbocycles. The summed E-state index contributed by atoms with van der Waals surface area (Å²) in [5.74, 6) is -2.73. The molecule has 1 aromatic carbocycles. The molecule has 6 nitrogen and oxygen atoms in total. The fraction of sp³-hybridized carbons (Fsp3) is 0.316. The highest BCUT2D eigenvalue weighted by atomic mass is 32.1. The Kier molecular flexibility index (Phi) is 5.85. The number of aryl methyl sites for hydroxylation is 1. The van der Waals surface area contributed by atoms with Crippen LogP contribution >= 0.6 is 11.3 Å². The number of esters is 2. The van der Waals surface area contributed by atoms with Crippen LogP contribution in [0.15, 0.2) is 24.3 Å². The highest BCUT2D eigenvalue weighted by Crippen LogP contribution is 2.39. The molecule has 1 aliphatic rings. The van der Waals surface area contributed by atoms with E-state index in [0.29, 0.717) is 10.6 Å². The number of fused-ring (bicyclic) bond motifs is 1. The molecule has 1 aromatic heterocycles. The number of thiophene rings is 1. The lowest BCUT2D eigenvalue weighted by molar-refractivity contribution is -0.119. The van der Waals surface area contributed by atoms with Crippen molar-refractivity contribution in [1.82, 2.24) is 0 Å². The van der Waals surface area contributed by atoms with E-state index in [2.05, 4.69) is 5.32 Å². The zero-order valence-corrected chi connectivity index (χ0v) is 15.5. The zero-order chi connectivity index (χ0) is 19.4. The average molecular weight is 391 g/mol. The van der Waals surface area contributed by atoms with Crippen LogP contribution in [-0.2, 0) is 27.1 Å². The molecule has 1 N–H and O–H groups in total. The Balaban J connectivity index is 1.67. The third kappa shape index (κ3) is 4.16. The number of ether oxygens (including phenoxy) is 2. The SMILES string of the molecule is CCOC(=O)c1c(NC(=O)COC(=O)c2ccccc2F)sc2c1CCC2. The first-order valence-electron chi connectivity index (χ1n) is 8.54. The van der Waals surface area contributed by atoms with Crippen LogP contribution in [0.5, 0.6) is 0 Å². The molecule has 142 valence electrons. The minimum Gasteiger partial charge on any atom is -0.462 e. The van der Waals surface area contributed by atoms with Crippen LogP contribution in [-0.4, -0.2) is 31.1 Å². The zero-order valence-electron chi connectivity index (χ0n) is 14.7. The summed E-state index contributed by atoms with van der Waals surface area (Å²) in [6, 6.07) is 5.36. The van der Waals surface area contributed by atoms with E-state index in [9.17, 15) is 18.8 Å². The van der Waals surface area contributed by atoms with E-state index in [1.807, 2.05) is 0 Å². The van der Waals surface area contributed by atoms with Gasteiger partial charge in [0, 0.05) is 4.88 Å². The van der Waals surface area contributed by atoms with Crippen molar-refractivity contribution in [2.75, 3.05) is 18.5 Å². The summed E-state index contributed by atoms with van der Waals surface area (Å²) in [6.45, 7) is 1.36. The first kappa shape index (κ1) is 19.0. The van der Waals surface area contributed by atoms with Crippen LogP contribution in [0.1, 0.15) is 44.5 Å². The summed E-state index contributed by atoms with van der Waals surface area (Å²) in [5, 5.41) is 3.00. The van der Waals surface area contributed by atoms with Gasteiger partial charge in [0.15, 0.2) is 6.61 Å². The minimum absolute atomic E-state index is 0.233. The van der Waals surface area contributed by atoms with Gasteiger partial charge < -0.3 is 14.8 Å². The van der Waals surface area contributed by atoms with Crippen molar-refractivity contribution < 1.29 is 28.2 Å². The normalized spacial score (nSPS) is 12.4. The van der Waals surface area contributed by atoms with Gasteiger partial charge in [0.2, 0.25) is 0 Å². The summed E-state index contributed by atoms with van der Waals surface area (Å²) in [6.07, 6.45) is 2.57. The molecule has 0 aliphatic heterocycles. The summed E-state index contributed by atoms with van der Waals surface area (Å²) >= 11 is 1.33. The first-order chi connectivity index (χ1) is 13.0. The number of hydrogen-bond acceptors (Lipinski definition) is 6. The van der Waals surface area contributed by atoms with Crippen LogP contribution in [0.2, 0.25) is 0 Å². The molecule has 0 saturated carbocycles. The van der Waals surface area contributed by atoms with Crippen molar-refractivity contribution in [2.45, 2.75) is 26.2 Å². The quantitative estimate of drug-likeness (QED) is 0.764. The van der Waals surface area contributed by atoms with Gasteiger partial charge in [-0.3, -0.25) is 4.79 Å². The fourth-order valence-electron chi connectivity index (χ4n) is 2.91. The van der Waals surface area contributed by atoms with Crippen molar-refractivity contribution in [2.24, 2.45) is 0 Å². The Morgan fingerprint density at radius 3 is 2.67 bits per heavy atom. The molecule has 1 heterocycles. The van der Waals surface area contributed by atoms with Crippen LogP contribution in [0.3, 0.4) is 0 Å². The minimum atomic E-state index is -0.928. The van der Waals surface area contributed by atoms with E-state index in [1.54, 1.807) is 6.92 Å². The monoisotopic (exact) mass is 391 g/mol. The van der Waals surface area contributed by atoms with Gasteiger partial charge in [0.25, 0.3) is 5.91 Å². The molecule has 1 amide bonds. The highest BCUT2D eigenvalue weighted by Gasteiger charge is 2.28. The number of nitrogens with one attached hydrogen (secondary N) is 1. The van der Waals surface area contributed by atoms with Gasteiger partial charge in [-0.1, -0.05) is 12.1 Å². The molecule has 3 rings (SSSR count). The first-order valence-corrected chi connectivity index (χ1v) is 9.36. The standard InChI is InChI=1S/C19H18FNO5S/c1-2-25-19(24)16-12-7-5-9-14(12)27-17(16)21-15(22)10-26-18(23)11-6-3-4-8-13(11)20/h3-4,6,8H,2,5,7,9-10H2,1H3,(H,21,22). The van der Waals surface area contributed by atoms with Gasteiger partial charge in [-0.25, -0.2) is 14.0 Å². The van der Waals surface area contributed by atoms with Gasteiger partial charge >= 0.3 is 11.9 Å². The van der Waals surface area contributed by atoms with E-state index in [4.69, 9.17) is 9.47 Å². The van der Waals surface area contributed by atoms with Crippen LogP contribution < -0.4 is 5.32 Å². The molecule has 0 bridgehead atoms. The molecule has 2 aromatic rings. The number of amides is 1. The Labute approximate surface area is 159 Å². The van der Waals surface area contributed by atoms with E-state index in [-0.39, 0.29) is 12.2 Å². The van der Waals surface area contributed by atoms with E-state index >= 15 is 0 Å². The van der Waals surface area contributed by atoms with E-state index in [0.717, 1.165) is 35.8 Å². The molecular weight excluding hydrogens is 373 g/mol. The second-order valence-corrected chi connectivity index (χ2v) is 6.99. The second-order valence-electron chi connectivity index (χ2n) is 5.89. The van der Waals surface area contributed by atoms with E-state index in [1.165, 1.54) is 29.5 Å². The van der Waals surface area contributed by atoms with Gasteiger partial charge in [0.05, 0.1) is 17.7 Å². The summed E-state index contributed by atoms with van der Waals surface area (Å²) < 4.78 is 23.5. The maximum absolute atomic E-state index is 13.6. The topological polar surface area (TPSA) is 81.7 Å². The Morgan fingerprint density at radius 2 is 1.93 bits per heavy atom. The number of anilines is 1. The number of hydrogen-bond donors (Lipinski definition) is 1. The van der Waals surface area contributed by atoms with Crippen molar-refractivity contribution in [3.05, 3.63) is 51.7 Å². The van der Waals surface area contributed by atoms with Crippen molar-refractivity contribution in [1.29, 1.82) is 0 Å². The summed E-state index contributed by atoms with van der Waals surface area (Å²) in [7, 11) is 0. The van der Waals surface area contributed by atoms with Gasteiger partial charge in [-0.2, -0.15) is 0 Å².